The number of hydrogen-bond donors (Lipinski definition) is 2. The Morgan fingerprint density at radius 3 is 2.44 bits per heavy atom. The van der Waals surface area contributed by atoms with Gasteiger partial charge in [0, 0.05) is 26.1 Å². The average molecular weight is 277 g/mol. The van der Waals surface area contributed by atoms with Crippen molar-refractivity contribution < 1.29 is 13.2 Å². The summed E-state index contributed by atoms with van der Waals surface area (Å²) in [6.45, 7) is 1.42. The van der Waals surface area contributed by atoms with Crippen LogP contribution in [0.4, 0.5) is 0 Å². The number of carbonyl (C=O) groups is 1. The van der Waals surface area contributed by atoms with Gasteiger partial charge in [-0.05, 0) is 32.2 Å². The first-order valence-corrected chi connectivity index (χ1v) is 8.01. The molecule has 1 rings (SSSR count). The highest BCUT2D eigenvalue weighted by Crippen LogP contribution is 2.20. The van der Waals surface area contributed by atoms with Crippen LogP contribution >= 0.6 is 0 Å². The molecule has 3 N–H and O–H groups in total. The number of sulfonamides is 1. The predicted octanol–water partition coefficient (Wildman–Crippen LogP) is -0.487. The van der Waals surface area contributed by atoms with Crippen LogP contribution in [-0.4, -0.2) is 51.1 Å². The maximum absolute atomic E-state index is 12.0. The number of nitrogens with one attached hydrogen (secondary N) is 1. The Hall–Kier alpha value is -0.660. The lowest BCUT2D eigenvalue weighted by Crippen LogP contribution is -2.43. The molecule has 0 radical (unpaired) electrons. The minimum absolute atomic E-state index is 0.00943. The van der Waals surface area contributed by atoms with Gasteiger partial charge in [0.1, 0.15) is 0 Å². The SMILES string of the molecule is CNC(=O)C1CCN(S(=O)(=O)CCCCN)CC1. The van der Waals surface area contributed by atoms with Gasteiger partial charge in [0.05, 0.1) is 5.75 Å². The van der Waals surface area contributed by atoms with Crippen LogP contribution in [0.1, 0.15) is 25.7 Å². The van der Waals surface area contributed by atoms with Crippen LogP contribution < -0.4 is 11.1 Å². The van der Waals surface area contributed by atoms with Gasteiger partial charge < -0.3 is 11.1 Å². The first-order valence-electron chi connectivity index (χ1n) is 6.40. The van der Waals surface area contributed by atoms with Crippen molar-refractivity contribution in [2.24, 2.45) is 11.7 Å². The molecular formula is C11H23N3O3S. The van der Waals surface area contributed by atoms with Crippen molar-refractivity contribution in [3.05, 3.63) is 0 Å². The Morgan fingerprint density at radius 1 is 1.33 bits per heavy atom. The number of carbonyl (C=O) groups excluding carboxylic acids is 1. The molecule has 0 spiro atoms. The van der Waals surface area contributed by atoms with E-state index >= 15 is 0 Å². The monoisotopic (exact) mass is 277 g/mol. The quantitative estimate of drug-likeness (QED) is 0.641. The number of amides is 1. The molecule has 1 aliphatic rings. The second kappa shape index (κ2) is 7.06. The normalized spacial score (nSPS) is 18.8. The zero-order chi connectivity index (χ0) is 13.6. The van der Waals surface area contributed by atoms with Gasteiger partial charge in [0.2, 0.25) is 15.9 Å². The molecular weight excluding hydrogens is 254 g/mol. The minimum atomic E-state index is -3.17. The molecule has 0 aromatic carbocycles. The van der Waals surface area contributed by atoms with Crippen molar-refractivity contribution in [1.29, 1.82) is 0 Å². The standard InChI is InChI=1S/C11H23N3O3S/c1-13-11(15)10-4-7-14(8-5-10)18(16,17)9-3-2-6-12/h10H,2-9,12H2,1H3,(H,13,15). The van der Waals surface area contributed by atoms with Crippen molar-refractivity contribution in [1.82, 2.24) is 9.62 Å². The summed E-state index contributed by atoms with van der Waals surface area (Å²) in [5.41, 5.74) is 5.35. The molecule has 1 aliphatic heterocycles. The first kappa shape index (κ1) is 15.4. The third kappa shape index (κ3) is 4.22. The number of hydrogen-bond acceptors (Lipinski definition) is 4. The Bertz CT molecular complexity index is 362. The Morgan fingerprint density at radius 2 is 1.94 bits per heavy atom. The predicted molar refractivity (Wildman–Crippen MR) is 70.4 cm³/mol. The van der Waals surface area contributed by atoms with Crippen molar-refractivity contribution in [3.63, 3.8) is 0 Å². The number of nitrogens with two attached hydrogens (primary N) is 1. The van der Waals surface area contributed by atoms with E-state index in [0.717, 1.165) is 6.42 Å². The lowest BCUT2D eigenvalue weighted by molar-refractivity contribution is -0.125. The van der Waals surface area contributed by atoms with Gasteiger partial charge >= 0.3 is 0 Å². The second-order valence-corrected chi connectivity index (χ2v) is 6.69. The Kier molecular flexibility index (Phi) is 6.04. The van der Waals surface area contributed by atoms with E-state index in [1.807, 2.05) is 0 Å². The summed E-state index contributed by atoms with van der Waals surface area (Å²) in [5, 5.41) is 2.61. The van der Waals surface area contributed by atoms with E-state index in [1.54, 1.807) is 7.05 Å². The molecule has 7 heteroatoms. The molecule has 0 aromatic rings. The maximum Gasteiger partial charge on any atom is 0.222 e. The average Bonchev–Trinajstić information content (AvgIpc) is 2.38. The fourth-order valence-electron chi connectivity index (χ4n) is 2.16. The van der Waals surface area contributed by atoms with E-state index in [-0.39, 0.29) is 17.6 Å². The van der Waals surface area contributed by atoms with Gasteiger partial charge in [-0.15, -0.1) is 0 Å². The molecule has 0 saturated carbocycles. The van der Waals surface area contributed by atoms with Gasteiger partial charge in [-0.2, -0.15) is 0 Å². The zero-order valence-electron chi connectivity index (χ0n) is 10.9. The summed E-state index contributed by atoms with van der Waals surface area (Å²) in [4.78, 5) is 11.4. The third-order valence-electron chi connectivity index (χ3n) is 3.32. The van der Waals surface area contributed by atoms with Crippen LogP contribution in [0.3, 0.4) is 0 Å². The lowest BCUT2D eigenvalue weighted by Gasteiger charge is -2.30. The smallest absolute Gasteiger partial charge is 0.222 e. The highest BCUT2D eigenvalue weighted by Gasteiger charge is 2.30. The van der Waals surface area contributed by atoms with Gasteiger partial charge in [-0.3, -0.25) is 4.79 Å². The third-order valence-corrected chi connectivity index (χ3v) is 5.28. The summed E-state index contributed by atoms with van der Waals surface area (Å²) in [6, 6.07) is 0. The maximum atomic E-state index is 12.0. The van der Waals surface area contributed by atoms with Crippen LogP contribution in [0.15, 0.2) is 0 Å². The number of rotatable bonds is 6. The number of piperidine rings is 1. The second-order valence-electron chi connectivity index (χ2n) is 4.60. The van der Waals surface area contributed by atoms with Gasteiger partial charge in [-0.25, -0.2) is 12.7 Å². The largest absolute Gasteiger partial charge is 0.359 e. The van der Waals surface area contributed by atoms with Crippen molar-refractivity contribution >= 4 is 15.9 Å². The molecule has 1 saturated heterocycles. The molecule has 0 unspecified atom stereocenters. The van der Waals surface area contributed by atoms with Gasteiger partial charge in [0.25, 0.3) is 0 Å². The van der Waals surface area contributed by atoms with E-state index in [4.69, 9.17) is 5.73 Å². The Labute approximate surface area is 109 Å². The van der Waals surface area contributed by atoms with Crippen molar-refractivity contribution in [3.8, 4) is 0 Å². The van der Waals surface area contributed by atoms with Crippen LogP contribution in [0.5, 0.6) is 0 Å². The fraction of sp³-hybridized carbons (Fsp3) is 0.909. The van der Waals surface area contributed by atoms with Crippen LogP contribution in [-0.2, 0) is 14.8 Å². The van der Waals surface area contributed by atoms with E-state index in [2.05, 4.69) is 5.32 Å². The van der Waals surface area contributed by atoms with Gasteiger partial charge in [-0.1, -0.05) is 0 Å². The fourth-order valence-corrected chi connectivity index (χ4v) is 3.75. The molecule has 1 fully saturated rings. The highest BCUT2D eigenvalue weighted by atomic mass is 32.2. The number of nitrogens with zero attached hydrogens (tertiary/aromatic N) is 1. The molecule has 0 atom stereocenters. The number of unbranched alkanes of at least 4 members (excludes halogenated alkanes) is 1. The highest BCUT2D eigenvalue weighted by molar-refractivity contribution is 7.89. The molecule has 1 amide bonds. The van der Waals surface area contributed by atoms with E-state index < -0.39 is 10.0 Å². The molecule has 106 valence electrons. The molecule has 18 heavy (non-hydrogen) atoms. The van der Waals surface area contributed by atoms with Crippen LogP contribution in [0.25, 0.3) is 0 Å². The van der Waals surface area contributed by atoms with E-state index in [9.17, 15) is 13.2 Å². The van der Waals surface area contributed by atoms with E-state index in [0.29, 0.717) is 38.9 Å². The topological polar surface area (TPSA) is 92.5 Å². The summed E-state index contributed by atoms with van der Waals surface area (Å²) in [6.07, 6.45) is 2.55. The van der Waals surface area contributed by atoms with E-state index in [1.165, 1.54) is 4.31 Å². The van der Waals surface area contributed by atoms with Gasteiger partial charge in [0.15, 0.2) is 0 Å². The lowest BCUT2D eigenvalue weighted by atomic mass is 9.97. The molecule has 0 aliphatic carbocycles. The summed E-state index contributed by atoms with van der Waals surface area (Å²) >= 11 is 0. The summed E-state index contributed by atoms with van der Waals surface area (Å²) in [5.74, 6) is 0.121. The minimum Gasteiger partial charge on any atom is -0.359 e. The summed E-state index contributed by atoms with van der Waals surface area (Å²) < 4.78 is 25.5. The first-order chi connectivity index (χ1) is 8.51. The molecule has 0 aromatic heterocycles. The van der Waals surface area contributed by atoms with Crippen molar-refractivity contribution in [2.45, 2.75) is 25.7 Å². The molecule has 6 nitrogen and oxygen atoms in total. The molecule has 0 bridgehead atoms. The van der Waals surface area contributed by atoms with Crippen molar-refractivity contribution in [2.75, 3.05) is 32.4 Å². The Balaban J connectivity index is 2.44. The van der Waals surface area contributed by atoms with Crippen LogP contribution in [0, 0.1) is 5.92 Å². The molecule has 1 heterocycles. The van der Waals surface area contributed by atoms with Crippen LogP contribution in [0.2, 0.25) is 0 Å². The summed E-state index contributed by atoms with van der Waals surface area (Å²) in [7, 11) is -1.56. The zero-order valence-corrected chi connectivity index (χ0v) is 11.7.